The van der Waals surface area contributed by atoms with E-state index >= 15 is 0 Å². The number of hydrogen-bond acceptors (Lipinski definition) is 5. The van der Waals surface area contributed by atoms with Gasteiger partial charge in [0.1, 0.15) is 11.6 Å². The van der Waals surface area contributed by atoms with E-state index in [1.54, 1.807) is 12.1 Å². The van der Waals surface area contributed by atoms with Crippen LogP contribution in [0.2, 0.25) is 5.02 Å². The highest BCUT2D eigenvalue weighted by Crippen LogP contribution is 2.60. The van der Waals surface area contributed by atoms with Gasteiger partial charge >= 0.3 is 0 Å². The van der Waals surface area contributed by atoms with Gasteiger partial charge in [0.25, 0.3) is 0 Å². The first-order chi connectivity index (χ1) is 16.1. The molecule has 1 aromatic carbocycles. The maximum absolute atomic E-state index is 14.0. The fourth-order valence-electron chi connectivity index (χ4n) is 5.99. The normalized spacial score (nSPS) is 33.6. The molecular weight excluding hydrogens is 526 g/mol. The number of carbonyl (C=O) groups excluding carboxylic acids is 3. The van der Waals surface area contributed by atoms with Gasteiger partial charge in [0.2, 0.25) is 17.7 Å². The number of hydrogen-bond donors (Lipinski definition) is 3. The molecule has 3 amide bonds. The van der Waals surface area contributed by atoms with Crippen LogP contribution >= 0.6 is 27.5 Å². The average Bonchev–Trinajstić information content (AvgIpc) is 3.40. The number of nitrogens with one attached hydrogen (secondary N) is 2. The standard InChI is InChI=1S/C24H31BrClN3O5/c1-5-11(2)15(10-30)29-20(22(32)28-18-12(3)7-6-8-14(18)26)24-9-13(25)19(34-24)16(21(31)27-4)17(24)23(29)33/h6-8,11,13,15-17,19-20,30H,5,9-10H2,1-4H3,(H,27,31)(H,28,32)/t11-,13?,15-,16-,17-,19-,20?,24?/m0/s1. The van der Waals surface area contributed by atoms with Crippen molar-refractivity contribution in [3.8, 4) is 0 Å². The zero-order valence-electron chi connectivity index (χ0n) is 19.7. The molecule has 8 atom stereocenters. The lowest BCUT2D eigenvalue weighted by Gasteiger charge is -2.39. The first kappa shape index (κ1) is 25.4. The Labute approximate surface area is 212 Å². The van der Waals surface area contributed by atoms with Crippen molar-refractivity contribution < 1.29 is 24.2 Å². The number of alkyl halides is 1. The highest BCUT2D eigenvalue weighted by Gasteiger charge is 2.77. The third-order valence-electron chi connectivity index (χ3n) is 7.84. The predicted octanol–water partition coefficient (Wildman–Crippen LogP) is 2.49. The van der Waals surface area contributed by atoms with E-state index in [1.807, 2.05) is 26.8 Å². The molecule has 186 valence electrons. The van der Waals surface area contributed by atoms with Gasteiger partial charge in [0.05, 0.1) is 41.3 Å². The fraction of sp³-hybridized carbons (Fsp3) is 0.625. The Morgan fingerprint density at radius 3 is 2.68 bits per heavy atom. The van der Waals surface area contributed by atoms with E-state index in [4.69, 9.17) is 16.3 Å². The van der Waals surface area contributed by atoms with E-state index in [9.17, 15) is 19.5 Å². The lowest BCUT2D eigenvalue weighted by molar-refractivity contribution is -0.145. The number of para-hydroxylation sites is 1. The number of halogens is 2. The number of likely N-dealkylation sites (tertiary alicyclic amines) is 1. The minimum atomic E-state index is -1.19. The number of ether oxygens (including phenoxy) is 1. The topological polar surface area (TPSA) is 108 Å². The summed E-state index contributed by atoms with van der Waals surface area (Å²) in [4.78, 5) is 42.1. The molecule has 3 N–H and O–H groups in total. The molecule has 2 bridgehead atoms. The molecule has 3 fully saturated rings. The predicted molar refractivity (Wildman–Crippen MR) is 132 cm³/mol. The summed E-state index contributed by atoms with van der Waals surface area (Å²) in [5.41, 5.74) is 0.0636. The van der Waals surface area contributed by atoms with Crippen molar-refractivity contribution in [3.05, 3.63) is 28.8 Å². The van der Waals surface area contributed by atoms with Crippen LogP contribution in [0.4, 0.5) is 5.69 Å². The monoisotopic (exact) mass is 555 g/mol. The number of aliphatic hydroxyl groups is 1. The van der Waals surface area contributed by atoms with Gasteiger partial charge in [0, 0.05) is 11.9 Å². The van der Waals surface area contributed by atoms with Crippen LogP contribution in [-0.2, 0) is 19.1 Å². The van der Waals surface area contributed by atoms with Crippen molar-refractivity contribution in [1.82, 2.24) is 10.2 Å². The SMILES string of the molecule is CC[C@H](C)[C@H](CO)N1C(=O)[C@@H]2[C@H](C(=O)NC)[C@H]3OC2(CC3Br)C1C(=O)Nc1c(C)cccc1Cl. The summed E-state index contributed by atoms with van der Waals surface area (Å²) in [6.45, 7) is 5.45. The van der Waals surface area contributed by atoms with Crippen molar-refractivity contribution in [2.24, 2.45) is 17.8 Å². The van der Waals surface area contributed by atoms with Gasteiger partial charge in [-0.05, 0) is 30.9 Å². The Bertz CT molecular complexity index is 989. The molecular formula is C24H31BrClN3O5. The van der Waals surface area contributed by atoms with Crippen LogP contribution in [0.1, 0.15) is 32.3 Å². The minimum Gasteiger partial charge on any atom is -0.394 e. The van der Waals surface area contributed by atoms with Crippen LogP contribution in [0.5, 0.6) is 0 Å². The molecule has 1 aromatic rings. The highest BCUT2D eigenvalue weighted by molar-refractivity contribution is 9.09. The van der Waals surface area contributed by atoms with Gasteiger partial charge in [-0.15, -0.1) is 0 Å². The Morgan fingerprint density at radius 2 is 2.09 bits per heavy atom. The van der Waals surface area contributed by atoms with Gasteiger partial charge in [-0.25, -0.2) is 0 Å². The molecule has 3 heterocycles. The average molecular weight is 557 g/mol. The summed E-state index contributed by atoms with van der Waals surface area (Å²) in [6, 6.07) is 3.70. The molecule has 4 rings (SSSR count). The van der Waals surface area contributed by atoms with Crippen LogP contribution < -0.4 is 10.6 Å². The number of aliphatic hydroxyl groups excluding tert-OH is 1. The summed E-state index contributed by atoms with van der Waals surface area (Å²) in [6.07, 6.45) is 0.578. The van der Waals surface area contributed by atoms with Crippen LogP contribution in [0.15, 0.2) is 18.2 Å². The van der Waals surface area contributed by atoms with Gasteiger partial charge < -0.3 is 25.4 Å². The van der Waals surface area contributed by atoms with Crippen molar-refractivity contribution in [2.75, 3.05) is 19.0 Å². The van der Waals surface area contributed by atoms with Crippen molar-refractivity contribution in [1.29, 1.82) is 0 Å². The number of carbonyl (C=O) groups is 3. The molecule has 1 spiro atoms. The van der Waals surface area contributed by atoms with E-state index in [0.29, 0.717) is 23.6 Å². The lowest BCUT2D eigenvalue weighted by atomic mass is 9.70. The lowest BCUT2D eigenvalue weighted by Crippen LogP contribution is -2.57. The number of rotatable bonds is 7. The second-order valence-corrected chi connectivity index (χ2v) is 11.2. The molecule has 3 aliphatic heterocycles. The Hall–Kier alpha value is -1.68. The third kappa shape index (κ3) is 3.67. The molecule has 0 saturated carbocycles. The van der Waals surface area contributed by atoms with E-state index in [0.717, 1.165) is 5.56 Å². The third-order valence-corrected chi connectivity index (χ3v) is 9.00. The quantitative estimate of drug-likeness (QED) is 0.447. The largest absolute Gasteiger partial charge is 0.394 e. The van der Waals surface area contributed by atoms with Crippen molar-refractivity contribution in [3.63, 3.8) is 0 Å². The van der Waals surface area contributed by atoms with Gasteiger partial charge in [-0.2, -0.15) is 0 Å². The van der Waals surface area contributed by atoms with E-state index in [2.05, 4.69) is 26.6 Å². The molecule has 3 saturated heterocycles. The molecule has 3 aliphatic rings. The number of nitrogens with zero attached hydrogens (tertiary/aromatic N) is 1. The smallest absolute Gasteiger partial charge is 0.250 e. The number of fused-ring (bicyclic) bond motifs is 1. The second kappa shape index (κ2) is 9.41. The van der Waals surface area contributed by atoms with Gasteiger partial charge in [0.15, 0.2) is 0 Å². The van der Waals surface area contributed by atoms with Crippen molar-refractivity contribution in [2.45, 2.75) is 62.2 Å². The number of aryl methyl sites for hydroxylation is 1. The minimum absolute atomic E-state index is 0.0723. The van der Waals surface area contributed by atoms with Crippen LogP contribution in [0, 0.1) is 24.7 Å². The molecule has 10 heteroatoms. The zero-order chi connectivity index (χ0) is 24.9. The number of anilines is 1. The summed E-state index contributed by atoms with van der Waals surface area (Å²) >= 11 is 10.0. The fourth-order valence-corrected chi connectivity index (χ4v) is 7.20. The van der Waals surface area contributed by atoms with Crippen LogP contribution in [-0.4, -0.2) is 70.0 Å². The zero-order valence-corrected chi connectivity index (χ0v) is 22.0. The van der Waals surface area contributed by atoms with E-state index in [-0.39, 0.29) is 29.2 Å². The summed E-state index contributed by atoms with van der Waals surface area (Å²) < 4.78 is 6.43. The molecule has 0 aromatic heterocycles. The molecule has 0 aliphatic carbocycles. The first-order valence-corrected chi connectivity index (χ1v) is 12.9. The van der Waals surface area contributed by atoms with Crippen LogP contribution in [0.3, 0.4) is 0 Å². The molecule has 3 unspecified atom stereocenters. The molecule has 34 heavy (non-hydrogen) atoms. The van der Waals surface area contributed by atoms with Crippen molar-refractivity contribution >= 4 is 50.9 Å². The molecule has 0 radical (unpaired) electrons. The summed E-state index contributed by atoms with van der Waals surface area (Å²) in [5, 5.41) is 16.3. The summed E-state index contributed by atoms with van der Waals surface area (Å²) in [5.74, 6) is -2.67. The maximum atomic E-state index is 14.0. The van der Waals surface area contributed by atoms with E-state index in [1.165, 1.54) is 11.9 Å². The highest BCUT2D eigenvalue weighted by atomic mass is 79.9. The first-order valence-electron chi connectivity index (χ1n) is 11.6. The van der Waals surface area contributed by atoms with Gasteiger partial charge in [-0.1, -0.05) is 59.9 Å². The second-order valence-electron chi connectivity index (χ2n) is 9.58. The Kier molecular flexibility index (Phi) is 7.03. The number of benzene rings is 1. The van der Waals surface area contributed by atoms with Crippen LogP contribution in [0.25, 0.3) is 0 Å². The maximum Gasteiger partial charge on any atom is 0.250 e. The Balaban J connectivity index is 1.82. The van der Waals surface area contributed by atoms with Gasteiger partial charge in [-0.3, -0.25) is 14.4 Å². The molecule has 8 nitrogen and oxygen atoms in total. The number of amides is 3. The Morgan fingerprint density at radius 1 is 1.38 bits per heavy atom. The summed E-state index contributed by atoms with van der Waals surface area (Å²) in [7, 11) is 1.53. The van der Waals surface area contributed by atoms with E-state index < -0.39 is 41.5 Å².